The number of hydrogen-bond acceptors (Lipinski definition) is 6. The van der Waals surface area contributed by atoms with Gasteiger partial charge in [0.15, 0.2) is 0 Å². The predicted molar refractivity (Wildman–Crippen MR) is 142 cm³/mol. The van der Waals surface area contributed by atoms with E-state index in [4.69, 9.17) is 16.3 Å². The molecule has 0 unspecified atom stereocenters. The lowest BCUT2D eigenvalue weighted by Crippen LogP contribution is -2.28. The molecule has 2 aromatic carbocycles. The summed E-state index contributed by atoms with van der Waals surface area (Å²) in [6, 6.07) is 16.1. The molecule has 2 aromatic heterocycles. The van der Waals surface area contributed by atoms with Crippen molar-refractivity contribution in [2.24, 2.45) is 0 Å². The van der Waals surface area contributed by atoms with Crippen molar-refractivity contribution < 1.29 is 9.53 Å². The molecule has 8 nitrogen and oxygen atoms in total. The van der Waals surface area contributed by atoms with E-state index < -0.39 is 0 Å². The molecule has 6 rings (SSSR count). The fourth-order valence-electron chi connectivity index (χ4n) is 4.75. The summed E-state index contributed by atoms with van der Waals surface area (Å²) in [5, 5.41) is 8.12. The summed E-state index contributed by atoms with van der Waals surface area (Å²) in [6.45, 7) is 2.54. The molecule has 0 saturated carbocycles. The van der Waals surface area contributed by atoms with E-state index in [2.05, 4.69) is 32.9 Å². The average Bonchev–Trinajstić information content (AvgIpc) is 3.58. The van der Waals surface area contributed by atoms with Gasteiger partial charge in [-0.15, -0.1) is 0 Å². The highest BCUT2D eigenvalue weighted by Gasteiger charge is 2.28. The number of nitrogens with zero attached hydrogens (tertiary/aromatic N) is 5. The maximum Gasteiger partial charge on any atom is 0.254 e. The molecule has 187 valence electrons. The van der Waals surface area contributed by atoms with Crippen LogP contribution >= 0.6 is 11.6 Å². The number of aromatic nitrogens is 4. The molecular formula is C28H26ClN6O2. The lowest BCUT2D eigenvalue weighted by molar-refractivity contribution is 0.0792. The molecule has 0 atom stereocenters. The molecule has 1 saturated heterocycles. The summed E-state index contributed by atoms with van der Waals surface area (Å²) in [6.07, 6.45) is 9.16. The Morgan fingerprint density at radius 1 is 1.14 bits per heavy atom. The van der Waals surface area contributed by atoms with Crippen LogP contribution in [0, 0.1) is 6.42 Å². The molecule has 9 heteroatoms. The highest BCUT2D eigenvalue weighted by Crippen LogP contribution is 2.32. The van der Waals surface area contributed by atoms with E-state index in [1.54, 1.807) is 12.4 Å². The van der Waals surface area contributed by atoms with Crippen LogP contribution in [0.1, 0.15) is 34.3 Å². The van der Waals surface area contributed by atoms with Crippen LogP contribution in [0.3, 0.4) is 0 Å². The van der Waals surface area contributed by atoms with Crippen LogP contribution in [0.25, 0.3) is 16.9 Å². The molecule has 4 heterocycles. The SMILES string of the molecule is O=C1c2cc(-c3nc(NC4CCOCC4)ncc3Cl)ccc2CN1C[CH]c1cccc(-n2cccn2)c1. The smallest absolute Gasteiger partial charge is 0.254 e. The van der Waals surface area contributed by atoms with Gasteiger partial charge in [-0.2, -0.15) is 5.10 Å². The van der Waals surface area contributed by atoms with Gasteiger partial charge in [-0.25, -0.2) is 14.6 Å². The fraction of sp³-hybridized carbons (Fsp3) is 0.250. The second-order valence-electron chi connectivity index (χ2n) is 9.23. The first-order valence-electron chi connectivity index (χ1n) is 12.4. The zero-order valence-electron chi connectivity index (χ0n) is 20.2. The second-order valence-corrected chi connectivity index (χ2v) is 9.64. The summed E-state index contributed by atoms with van der Waals surface area (Å²) in [7, 11) is 0. The van der Waals surface area contributed by atoms with Crippen molar-refractivity contribution in [3.05, 3.63) is 95.3 Å². The monoisotopic (exact) mass is 513 g/mol. The van der Waals surface area contributed by atoms with Crippen molar-refractivity contribution in [1.82, 2.24) is 24.6 Å². The highest BCUT2D eigenvalue weighted by atomic mass is 35.5. The third kappa shape index (κ3) is 5.08. The number of carbonyl (C=O) groups is 1. The Hall–Kier alpha value is -3.75. The minimum Gasteiger partial charge on any atom is -0.381 e. The van der Waals surface area contributed by atoms with Crippen LogP contribution in [0.5, 0.6) is 0 Å². The van der Waals surface area contributed by atoms with Gasteiger partial charge in [0.2, 0.25) is 5.95 Å². The van der Waals surface area contributed by atoms with Crippen molar-refractivity contribution in [3.63, 3.8) is 0 Å². The van der Waals surface area contributed by atoms with Crippen LogP contribution in [0.2, 0.25) is 5.02 Å². The number of rotatable bonds is 7. The lowest BCUT2D eigenvalue weighted by atomic mass is 10.0. The lowest BCUT2D eigenvalue weighted by Gasteiger charge is -2.23. The standard InChI is InChI=1S/C28H26ClN6O2/c29-25-17-30-28(32-22-8-13-37-14-9-22)33-26(25)20-5-6-21-18-34(27(36)24(21)16-20)12-7-19-3-1-4-23(15-19)35-11-2-10-31-35/h1-7,10-11,15-17,22H,8-9,12-14,18H2,(H,30,32,33). The minimum atomic E-state index is 0.00191. The van der Waals surface area contributed by atoms with Crippen LogP contribution in [-0.4, -0.2) is 56.4 Å². The van der Waals surface area contributed by atoms with E-state index in [9.17, 15) is 4.79 Å². The number of carbonyl (C=O) groups excluding carboxylic acids is 1. The van der Waals surface area contributed by atoms with Crippen molar-refractivity contribution >= 4 is 23.5 Å². The number of anilines is 1. The van der Waals surface area contributed by atoms with Crippen LogP contribution < -0.4 is 5.32 Å². The largest absolute Gasteiger partial charge is 0.381 e. The van der Waals surface area contributed by atoms with Crippen LogP contribution in [0.15, 0.2) is 67.1 Å². The molecule has 0 spiro atoms. The average molecular weight is 514 g/mol. The van der Waals surface area contributed by atoms with E-state index in [1.807, 2.05) is 58.2 Å². The first-order chi connectivity index (χ1) is 18.1. The molecule has 0 bridgehead atoms. The molecule has 1 amide bonds. The third-order valence-corrected chi connectivity index (χ3v) is 7.02. The van der Waals surface area contributed by atoms with Crippen LogP contribution in [0.4, 0.5) is 5.95 Å². The topological polar surface area (TPSA) is 85.2 Å². The predicted octanol–water partition coefficient (Wildman–Crippen LogP) is 4.78. The van der Waals surface area contributed by atoms with Crippen molar-refractivity contribution in [1.29, 1.82) is 0 Å². The van der Waals surface area contributed by atoms with Gasteiger partial charge in [-0.05, 0) is 48.2 Å². The van der Waals surface area contributed by atoms with E-state index in [0.29, 0.717) is 35.3 Å². The molecule has 1 fully saturated rings. The summed E-state index contributed by atoms with van der Waals surface area (Å²) < 4.78 is 7.25. The molecule has 2 aliphatic heterocycles. The zero-order chi connectivity index (χ0) is 25.2. The molecular weight excluding hydrogens is 488 g/mol. The number of hydrogen-bond donors (Lipinski definition) is 1. The first-order valence-corrected chi connectivity index (χ1v) is 12.7. The number of benzene rings is 2. The Kier molecular flexibility index (Phi) is 6.59. The normalized spacial score (nSPS) is 15.7. The van der Waals surface area contributed by atoms with Gasteiger partial charge >= 0.3 is 0 Å². The van der Waals surface area contributed by atoms with Gasteiger partial charge in [-0.1, -0.05) is 35.9 Å². The third-order valence-electron chi connectivity index (χ3n) is 6.75. The minimum absolute atomic E-state index is 0.00191. The summed E-state index contributed by atoms with van der Waals surface area (Å²) in [5.74, 6) is 0.536. The Morgan fingerprint density at radius 3 is 2.86 bits per heavy atom. The van der Waals surface area contributed by atoms with E-state index in [0.717, 1.165) is 48.4 Å². The molecule has 1 radical (unpaired) electrons. The molecule has 0 aliphatic carbocycles. The molecule has 37 heavy (non-hydrogen) atoms. The highest BCUT2D eigenvalue weighted by molar-refractivity contribution is 6.33. The van der Waals surface area contributed by atoms with Gasteiger partial charge in [0.25, 0.3) is 5.91 Å². The van der Waals surface area contributed by atoms with Gasteiger partial charge < -0.3 is 15.0 Å². The van der Waals surface area contributed by atoms with Gasteiger partial charge in [0.05, 0.1) is 22.6 Å². The van der Waals surface area contributed by atoms with Crippen molar-refractivity contribution in [2.75, 3.05) is 25.1 Å². The number of amides is 1. The Labute approximate surface area is 220 Å². The maximum absolute atomic E-state index is 13.3. The van der Waals surface area contributed by atoms with Crippen LogP contribution in [-0.2, 0) is 11.3 Å². The Morgan fingerprint density at radius 2 is 2.03 bits per heavy atom. The maximum atomic E-state index is 13.3. The van der Waals surface area contributed by atoms with E-state index in [1.165, 1.54) is 0 Å². The number of halogens is 1. The second kappa shape index (κ2) is 10.3. The number of ether oxygens (including phenoxy) is 1. The van der Waals surface area contributed by atoms with Gasteiger partial charge in [0.1, 0.15) is 0 Å². The van der Waals surface area contributed by atoms with E-state index >= 15 is 0 Å². The summed E-state index contributed by atoms with van der Waals surface area (Å²) in [5.41, 5.74) is 5.11. The summed E-state index contributed by atoms with van der Waals surface area (Å²) in [4.78, 5) is 24.1. The van der Waals surface area contributed by atoms with Crippen molar-refractivity contribution in [3.8, 4) is 16.9 Å². The quantitative estimate of drug-likeness (QED) is 0.383. The molecule has 1 N–H and O–H groups in total. The van der Waals surface area contributed by atoms with E-state index in [-0.39, 0.29) is 11.9 Å². The molecule has 2 aliphatic rings. The number of fused-ring (bicyclic) bond motifs is 1. The molecule has 4 aromatic rings. The Bertz CT molecular complexity index is 1420. The Balaban J connectivity index is 1.16. The van der Waals surface area contributed by atoms with Crippen molar-refractivity contribution in [2.45, 2.75) is 25.4 Å². The van der Waals surface area contributed by atoms with Gasteiger partial charge in [0, 0.05) is 62.3 Å². The summed E-state index contributed by atoms with van der Waals surface area (Å²) >= 11 is 6.48. The zero-order valence-corrected chi connectivity index (χ0v) is 20.9. The van der Waals surface area contributed by atoms with Gasteiger partial charge in [-0.3, -0.25) is 4.79 Å². The fourth-order valence-corrected chi connectivity index (χ4v) is 4.95. The number of nitrogens with one attached hydrogen (secondary N) is 1. The first kappa shape index (κ1) is 23.6.